The van der Waals surface area contributed by atoms with Crippen LogP contribution in [-0.4, -0.2) is 15.9 Å². The molecule has 0 saturated heterocycles. The van der Waals surface area contributed by atoms with Gasteiger partial charge in [0, 0.05) is 11.8 Å². The molecule has 0 aliphatic carbocycles. The van der Waals surface area contributed by atoms with Crippen molar-refractivity contribution in [3.05, 3.63) is 51.5 Å². The van der Waals surface area contributed by atoms with Crippen LogP contribution in [0.4, 0.5) is 5.69 Å². The molecule has 0 spiro atoms. The largest absolute Gasteiger partial charge is 0.319 e. The van der Waals surface area contributed by atoms with Crippen LogP contribution in [0.5, 0.6) is 0 Å². The van der Waals surface area contributed by atoms with Gasteiger partial charge in [-0.2, -0.15) is 0 Å². The Hall–Kier alpha value is -1.36. The van der Waals surface area contributed by atoms with Gasteiger partial charge in [0.05, 0.1) is 5.69 Å². The zero-order valence-electron chi connectivity index (χ0n) is 8.82. The summed E-state index contributed by atoms with van der Waals surface area (Å²) in [5.41, 5.74) is 0.702. The number of carbonyl (C=O) groups excluding carboxylic acids is 1. The van der Waals surface area contributed by atoms with Gasteiger partial charge in [0.15, 0.2) is 5.15 Å². The summed E-state index contributed by atoms with van der Waals surface area (Å²) in [6.07, 6.45) is 1.53. The molecule has 18 heavy (non-hydrogen) atoms. The quantitative estimate of drug-likeness (QED) is 0.861. The van der Waals surface area contributed by atoms with E-state index in [2.05, 4.69) is 15.3 Å². The van der Waals surface area contributed by atoms with E-state index < -0.39 is 5.91 Å². The van der Waals surface area contributed by atoms with Crippen LogP contribution in [0.2, 0.25) is 15.5 Å². The molecule has 0 unspecified atom stereocenters. The Bertz CT molecular complexity index is 584. The number of pyridine rings is 2. The summed E-state index contributed by atoms with van der Waals surface area (Å²) in [4.78, 5) is 19.5. The van der Waals surface area contributed by atoms with Gasteiger partial charge in [0.2, 0.25) is 0 Å². The summed E-state index contributed by atoms with van der Waals surface area (Å²) in [6.45, 7) is 0. The van der Waals surface area contributed by atoms with Gasteiger partial charge >= 0.3 is 0 Å². The Morgan fingerprint density at radius 3 is 2.44 bits per heavy atom. The van der Waals surface area contributed by atoms with Crippen molar-refractivity contribution in [1.82, 2.24) is 9.97 Å². The molecule has 2 rings (SSSR count). The van der Waals surface area contributed by atoms with Gasteiger partial charge in [-0.1, -0.05) is 34.8 Å². The van der Waals surface area contributed by atoms with Crippen LogP contribution < -0.4 is 5.32 Å². The van der Waals surface area contributed by atoms with E-state index in [4.69, 9.17) is 34.8 Å². The first-order chi connectivity index (χ1) is 8.56. The average molecular weight is 303 g/mol. The molecular weight excluding hydrogens is 296 g/mol. The van der Waals surface area contributed by atoms with E-state index in [1.165, 1.54) is 18.3 Å². The molecule has 4 nitrogen and oxygen atoms in total. The van der Waals surface area contributed by atoms with Crippen LogP contribution in [0.15, 0.2) is 30.5 Å². The van der Waals surface area contributed by atoms with Crippen LogP contribution in [0, 0.1) is 0 Å². The number of anilines is 1. The molecule has 0 bridgehead atoms. The van der Waals surface area contributed by atoms with Crippen LogP contribution in [0.1, 0.15) is 10.4 Å². The van der Waals surface area contributed by atoms with E-state index in [9.17, 15) is 4.79 Å². The fraction of sp³-hybridized carbons (Fsp3) is 0. The molecule has 92 valence electrons. The van der Waals surface area contributed by atoms with E-state index in [1.807, 2.05) is 0 Å². The number of hydrogen-bond acceptors (Lipinski definition) is 3. The van der Waals surface area contributed by atoms with Gasteiger partial charge in [0.25, 0.3) is 5.91 Å². The molecule has 0 saturated carbocycles. The number of halogens is 3. The van der Waals surface area contributed by atoms with Crippen molar-refractivity contribution in [2.24, 2.45) is 0 Å². The van der Waals surface area contributed by atoms with Crippen molar-refractivity contribution in [2.45, 2.75) is 0 Å². The summed E-state index contributed by atoms with van der Waals surface area (Å²) in [6, 6.07) is 6.12. The molecule has 7 heteroatoms. The number of carbonyl (C=O) groups is 1. The SMILES string of the molecule is O=C(Nc1cccnc1Cl)c1cc(Cl)nc(Cl)c1. The van der Waals surface area contributed by atoms with Crippen LogP contribution in [-0.2, 0) is 0 Å². The van der Waals surface area contributed by atoms with Crippen molar-refractivity contribution in [2.75, 3.05) is 5.32 Å². The molecule has 0 aliphatic heterocycles. The topological polar surface area (TPSA) is 54.9 Å². The molecule has 0 aliphatic rings. The maximum Gasteiger partial charge on any atom is 0.255 e. The number of nitrogens with zero attached hydrogens (tertiary/aromatic N) is 2. The molecule has 2 heterocycles. The highest BCUT2D eigenvalue weighted by Crippen LogP contribution is 2.20. The first kappa shape index (κ1) is 13.1. The minimum atomic E-state index is -0.392. The minimum absolute atomic E-state index is 0.143. The zero-order valence-corrected chi connectivity index (χ0v) is 11.1. The van der Waals surface area contributed by atoms with Gasteiger partial charge in [-0.05, 0) is 24.3 Å². The molecule has 2 aromatic rings. The molecule has 0 aromatic carbocycles. The lowest BCUT2D eigenvalue weighted by Gasteiger charge is -2.06. The third kappa shape index (κ3) is 3.10. The predicted octanol–water partition coefficient (Wildman–Crippen LogP) is 3.69. The van der Waals surface area contributed by atoms with E-state index >= 15 is 0 Å². The highest BCUT2D eigenvalue weighted by atomic mass is 35.5. The van der Waals surface area contributed by atoms with Crippen molar-refractivity contribution in [1.29, 1.82) is 0 Å². The summed E-state index contributed by atoms with van der Waals surface area (Å²) in [5, 5.41) is 3.10. The maximum absolute atomic E-state index is 11.9. The monoisotopic (exact) mass is 301 g/mol. The smallest absolute Gasteiger partial charge is 0.255 e. The van der Waals surface area contributed by atoms with Crippen LogP contribution in [0.25, 0.3) is 0 Å². The number of rotatable bonds is 2. The number of amides is 1. The second kappa shape index (κ2) is 5.52. The first-order valence-corrected chi connectivity index (χ1v) is 5.94. The van der Waals surface area contributed by atoms with E-state index in [0.717, 1.165) is 0 Å². The van der Waals surface area contributed by atoms with Gasteiger partial charge in [-0.25, -0.2) is 9.97 Å². The molecule has 2 aromatic heterocycles. The third-order valence-electron chi connectivity index (χ3n) is 2.03. The normalized spacial score (nSPS) is 10.2. The fourth-order valence-corrected chi connectivity index (χ4v) is 1.90. The number of nitrogens with one attached hydrogen (secondary N) is 1. The van der Waals surface area contributed by atoms with Crippen molar-refractivity contribution in [3.63, 3.8) is 0 Å². The van der Waals surface area contributed by atoms with Gasteiger partial charge in [-0.15, -0.1) is 0 Å². The molecule has 1 amide bonds. The lowest BCUT2D eigenvalue weighted by atomic mass is 10.2. The van der Waals surface area contributed by atoms with Gasteiger partial charge < -0.3 is 5.32 Å². The Balaban J connectivity index is 2.25. The van der Waals surface area contributed by atoms with E-state index in [-0.39, 0.29) is 15.5 Å². The van der Waals surface area contributed by atoms with Crippen molar-refractivity contribution < 1.29 is 4.79 Å². The second-order valence-corrected chi connectivity index (χ2v) is 4.43. The van der Waals surface area contributed by atoms with Gasteiger partial charge in [-0.3, -0.25) is 4.79 Å². The lowest BCUT2D eigenvalue weighted by Crippen LogP contribution is -2.12. The van der Waals surface area contributed by atoms with Gasteiger partial charge in [0.1, 0.15) is 10.3 Å². The summed E-state index contributed by atoms with van der Waals surface area (Å²) in [5.74, 6) is -0.392. The third-order valence-corrected chi connectivity index (χ3v) is 2.72. The number of hydrogen-bond donors (Lipinski definition) is 1. The lowest BCUT2D eigenvalue weighted by molar-refractivity contribution is 0.102. The Labute approximate surface area is 118 Å². The summed E-state index contributed by atoms with van der Waals surface area (Å²) >= 11 is 17.3. The highest BCUT2D eigenvalue weighted by Gasteiger charge is 2.10. The predicted molar refractivity (Wildman–Crippen MR) is 71.5 cm³/mol. The Morgan fingerprint density at radius 2 is 1.83 bits per heavy atom. The molecule has 0 fully saturated rings. The minimum Gasteiger partial charge on any atom is -0.319 e. The summed E-state index contributed by atoms with van der Waals surface area (Å²) < 4.78 is 0. The molecule has 0 radical (unpaired) electrons. The zero-order chi connectivity index (χ0) is 13.1. The van der Waals surface area contributed by atoms with E-state index in [0.29, 0.717) is 11.3 Å². The first-order valence-electron chi connectivity index (χ1n) is 4.81. The van der Waals surface area contributed by atoms with Crippen molar-refractivity contribution in [3.8, 4) is 0 Å². The standard InChI is InChI=1S/C11H6Cl3N3O/c12-8-4-6(5-9(13)17-8)11(18)16-7-2-1-3-15-10(7)14/h1-5H,(H,16,18). The maximum atomic E-state index is 11.9. The second-order valence-electron chi connectivity index (χ2n) is 3.30. The number of aromatic nitrogens is 2. The van der Waals surface area contributed by atoms with Crippen LogP contribution in [0.3, 0.4) is 0 Å². The molecular formula is C11H6Cl3N3O. The molecule has 1 N–H and O–H groups in total. The van der Waals surface area contributed by atoms with Crippen LogP contribution >= 0.6 is 34.8 Å². The summed E-state index contributed by atoms with van der Waals surface area (Å²) in [7, 11) is 0. The fourth-order valence-electron chi connectivity index (χ4n) is 1.27. The Kier molecular flexibility index (Phi) is 4.01. The van der Waals surface area contributed by atoms with Crippen molar-refractivity contribution >= 4 is 46.4 Å². The molecule has 0 atom stereocenters. The Morgan fingerprint density at radius 1 is 1.17 bits per heavy atom. The highest BCUT2D eigenvalue weighted by molar-refractivity contribution is 6.34. The average Bonchev–Trinajstić information content (AvgIpc) is 2.31. The van der Waals surface area contributed by atoms with E-state index in [1.54, 1.807) is 12.1 Å².